The highest BCUT2D eigenvalue weighted by Crippen LogP contribution is 2.46. The second kappa shape index (κ2) is 9.79. The lowest BCUT2D eigenvalue weighted by molar-refractivity contribution is 0.0396. The average Bonchev–Trinajstić information content (AvgIpc) is 3.53. The minimum Gasteiger partial charge on any atom is -0.487 e. The summed E-state index contributed by atoms with van der Waals surface area (Å²) in [6.07, 6.45) is 13.1. The van der Waals surface area contributed by atoms with E-state index in [9.17, 15) is 0 Å². The van der Waals surface area contributed by atoms with Gasteiger partial charge in [-0.05, 0) is 50.7 Å². The molecule has 2 heterocycles. The summed E-state index contributed by atoms with van der Waals surface area (Å²) < 4.78 is 8.65. The number of hydrogen-bond donors (Lipinski definition) is 2. The van der Waals surface area contributed by atoms with E-state index in [1.54, 1.807) is 0 Å². The number of para-hydroxylation sites is 1. The fourth-order valence-electron chi connectivity index (χ4n) is 5.45. The lowest BCUT2D eigenvalue weighted by Gasteiger charge is -2.40. The third-order valence-electron chi connectivity index (χ3n) is 7.05. The predicted molar refractivity (Wildman–Crippen MR) is 134 cm³/mol. The van der Waals surface area contributed by atoms with E-state index in [4.69, 9.17) is 9.84 Å². The van der Waals surface area contributed by atoms with Crippen LogP contribution < -0.4 is 15.4 Å². The Bertz CT molecular complexity index is 899. The van der Waals surface area contributed by atoms with Gasteiger partial charge >= 0.3 is 0 Å². The Labute approximate surface area is 202 Å². The van der Waals surface area contributed by atoms with Crippen LogP contribution in [0.5, 0.6) is 5.75 Å². The van der Waals surface area contributed by atoms with Crippen molar-refractivity contribution in [3.63, 3.8) is 0 Å². The van der Waals surface area contributed by atoms with Crippen LogP contribution in [0.1, 0.15) is 81.1 Å². The summed E-state index contributed by atoms with van der Waals surface area (Å²) in [6, 6.07) is 11.3. The molecular weight excluding hydrogens is 501 g/mol. The number of ether oxygens (including phenoxy) is 1. The molecule has 2 aliphatic carbocycles. The largest absolute Gasteiger partial charge is 0.487 e. The molecule has 5 rings (SSSR count). The molecule has 6 nitrogen and oxygen atoms in total. The van der Waals surface area contributed by atoms with Crippen molar-refractivity contribution in [2.24, 2.45) is 4.99 Å². The standard InChI is InChI=1S/C24H33N5O.HI/c1-25-23(26-17-18-12-15-29(28-18)19-8-2-3-9-19)27-21-16-24(13-6-7-14-24)30-22-11-5-4-10-20(21)22;/h4-5,10-12,15,19,21H,2-3,6-9,13-14,16-17H2,1H3,(H2,25,26,27);1H. The Morgan fingerprint density at radius 3 is 2.71 bits per heavy atom. The lowest BCUT2D eigenvalue weighted by Crippen LogP contribution is -2.46. The minimum atomic E-state index is -0.0229. The fraction of sp³-hybridized carbons (Fsp3) is 0.583. The first-order valence-corrected chi connectivity index (χ1v) is 11.5. The average molecular weight is 535 g/mol. The highest BCUT2D eigenvalue weighted by molar-refractivity contribution is 14.0. The maximum Gasteiger partial charge on any atom is 0.191 e. The molecule has 1 atom stereocenters. The van der Waals surface area contributed by atoms with Crippen LogP contribution in [0.4, 0.5) is 0 Å². The first-order valence-electron chi connectivity index (χ1n) is 11.5. The summed E-state index contributed by atoms with van der Waals surface area (Å²) in [4.78, 5) is 4.49. The fourth-order valence-corrected chi connectivity index (χ4v) is 5.45. The lowest BCUT2D eigenvalue weighted by atomic mass is 9.86. The molecule has 0 radical (unpaired) electrons. The van der Waals surface area contributed by atoms with Crippen LogP contribution in [0.3, 0.4) is 0 Å². The summed E-state index contributed by atoms with van der Waals surface area (Å²) in [6.45, 7) is 0.676. The molecule has 1 spiro atoms. The molecule has 2 fully saturated rings. The maximum absolute atomic E-state index is 6.49. The number of hydrogen-bond acceptors (Lipinski definition) is 3. The van der Waals surface area contributed by atoms with Crippen molar-refractivity contribution in [2.75, 3.05) is 7.05 Å². The molecule has 7 heteroatoms. The Kier molecular flexibility index (Phi) is 7.08. The van der Waals surface area contributed by atoms with Gasteiger partial charge in [-0.2, -0.15) is 5.10 Å². The van der Waals surface area contributed by atoms with Gasteiger partial charge in [0.05, 0.1) is 24.3 Å². The monoisotopic (exact) mass is 535 g/mol. The van der Waals surface area contributed by atoms with Crippen molar-refractivity contribution in [2.45, 2.75) is 82.0 Å². The second-order valence-corrected chi connectivity index (χ2v) is 9.08. The van der Waals surface area contributed by atoms with Crippen molar-refractivity contribution in [1.29, 1.82) is 0 Å². The number of halogens is 1. The zero-order chi connectivity index (χ0) is 20.4. The van der Waals surface area contributed by atoms with E-state index in [-0.39, 0.29) is 35.6 Å². The molecule has 2 N–H and O–H groups in total. The van der Waals surface area contributed by atoms with Crippen molar-refractivity contribution in [3.05, 3.63) is 47.8 Å². The number of benzene rings is 1. The Balaban J connectivity index is 0.00000231. The highest BCUT2D eigenvalue weighted by Gasteiger charge is 2.43. The summed E-state index contributed by atoms with van der Waals surface area (Å²) in [5.41, 5.74) is 2.26. The van der Waals surface area contributed by atoms with E-state index in [0.29, 0.717) is 12.6 Å². The molecular formula is C24H34IN5O. The summed E-state index contributed by atoms with van der Waals surface area (Å²) in [5, 5.41) is 11.9. The van der Waals surface area contributed by atoms with Crippen LogP contribution in [0, 0.1) is 0 Å². The molecule has 1 unspecified atom stereocenters. The molecule has 0 amide bonds. The van der Waals surface area contributed by atoms with Crippen molar-refractivity contribution in [1.82, 2.24) is 20.4 Å². The highest BCUT2D eigenvalue weighted by atomic mass is 127. The summed E-state index contributed by atoms with van der Waals surface area (Å²) in [5.74, 6) is 1.84. The number of guanidine groups is 1. The minimum absolute atomic E-state index is 0. The van der Waals surface area contributed by atoms with Gasteiger partial charge in [0.25, 0.3) is 0 Å². The first kappa shape index (κ1) is 22.4. The van der Waals surface area contributed by atoms with Crippen molar-refractivity contribution >= 4 is 29.9 Å². The molecule has 168 valence electrons. The molecule has 3 aliphatic rings. The topological polar surface area (TPSA) is 63.5 Å². The quantitative estimate of drug-likeness (QED) is 0.324. The van der Waals surface area contributed by atoms with Crippen LogP contribution >= 0.6 is 24.0 Å². The van der Waals surface area contributed by atoms with Gasteiger partial charge in [-0.15, -0.1) is 24.0 Å². The van der Waals surface area contributed by atoms with Crippen molar-refractivity contribution < 1.29 is 4.74 Å². The maximum atomic E-state index is 6.49. The Morgan fingerprint density at radius 2 is 1.94 bits per heavy atom. The van der Waals surface area contributed by atoms with Crippen LogP contribution in [0.2, 0.25) is 0 Å². The first-order chi connectivity index (χ1) is 14.7. The predicted octanol–water partition coefficient (Wildman–Crippen LogP) is 5.12. The second-order valence-electron chi connectivity index (χ2n) is 9.08. The number of aliphatic imine (C=N–C) groups is 1. The van der Waals surface area contributed by atoms with Gasteiger partial charge in [-0.3, -0.25) is 9.67 Å². The van der Waals surface area contributed by atoms with Gasteiger partial charge in [-0.1, -0.05) is 31.0 Å². The van der Waals surface area contributed by atoms with Crippen LogP contribution in [-0.4, -0.2) is 28.4 Å². The van der Waals surface area contributed by atoms with Gasteiger partial charge in [0, 0.05) is 25.2 Å². The third-order valence-corrected chi connectivity index (χ3v) is 7.05. The third kappa shape index (κ3) is 4.86. The van der Waals surface area contributed by atoms with E-state index < -0.39 is 0 Å². The SMILES string of the molecule is CN=C(NCc1ccn(C2CCCC2)n1)NC1CC2(CCCC2)Oc2ccccc21.I. The zero-order valence-corrected chi connectivity index (χ0v) is 20.7. The number of nitrogens with zero attached hydrogens (tertiary/aromatic N) is 3. The summed E-state index contributed by atoms with van der Waals surface area (Å²) in [7, 11) is 1.84. The van der Waals surface area contributed by atoms with Crippen LogP contribution in [0.25, 0.3) is 0 Å². The number of fused-ring (bicyclic) bond motifs is 1. The smallest absolute Gasteiger partial charge is 0.191 e. The molecule has 1 aromatic carbocycles. The molecule has 0 saturated heterocycles. The molecule has 1 aromatic heterocycles. The van der Waals surface area contributed by atoms with Gasteiger partial charge in [0.15, 0.2) is 5.96 Å². The Hall–Kier alpha value is -1.77. The molecule has 2 aromatic rings. The molecule has 2 saturated carbocycles. The van der Waals surface area contributed by atoms with Gasteiger partial charge in [0.2, 0.25) is 0 Å². The van der Waals surface area contributed by atoms with E-state index >= 15 is 0 Å². The molecule has 31 heavy (non-hydrogen) atoms. The number of nitrogens with one attached hydrogen (secondary N) is 2. The van der Waals surface area contributed by atoms with Gasteiger partial charge in [0.1, 0.15) is 11.4 Å². The van der Waals surface area contributed by atoms with E-state index in [1.807, 2.05) is 7.05 Å². The number of rotatable bonds is 4. The van der Waals surface area contributed by atoms with E-state index in [0.717, 1.165) is 36.7 Å². The van der Waals surface area contributed by atoms with Gasteiger partial charge < -0.3 is 15.4 Å². The summed E-state index contributed by atoms with van der Waals surface area (Å²) >= 11 is 0. The van der Waals surface area contributed by atoms with Crippen LogP contribution in [-0.2, 0) is 6.54 Å². The van der Waals surface area contributed by atoms with Gasteiger partial charge in [-0.25, -0.2) is 0 Å². The normalized spacial score (nSPS) is 22.6. The van der Waals surface area contributed by atoms with E-state index in [2.05, 4.69) is 56.8 Å². The Morgan fingerprint density at radius 1 is 1.16 bits per heavy atom. The van der Waals surface area contributed by atoms with Crippen LogP contribution in [0.15, 0.2) is 41.5 Å². The molecule has 1 aliphatic heterocycles. The van der Waals surface area contributed by atoms with Crippen molar-refractivity contribution in [3.8, 4) is 5.75 Å². The molecule has 0 bridgehead atoms. The number of aromatic nitrogens is 2. The zero-order valence-electron chi connectivity index (χ0n) is 18.3. The van der Waals surface area contributed by atoms with E-state index in [1.165, 1.54) is 44.1 Å².